The molecule has 0 fully saturated rings. The lowest BCUT2D eigenvalue weighted by Crippen LogP contribution is -2.13. The van der Waals surface area contributed by atoms with Gasteiger partial charge in [-0.3, -0.25) is 14.9 Å². The molecular weight excluding hydrogens is 558 g/mol. The molecule has 0 saturated carbocycles. The highest BCUT2D eigenvalue weighted by atomic mass is 79.9. The first-order valence-corrected chi connectivity index (χ1v) is 12.0. The van der Waals surface area contributed by atoms with E-state index in [1.807, 2.05) is 6.07 Å². The minimum Gasteiger partial charge on any atom is -0.490 e. The normalized spacial score (nSPS) is 10.7. The van der Waals surface area contributed by atoms with E-state index in [-0.39, 0.29) is 17.9 Å². The fraction of sp³-hybridized carbons (Fsp3) is 0.148. The summed E-state index contributed by atoms with van der Waals surface area (Å²) in [5, 5.41) is 23.1. The van der Waals surface area contributed by atoms with Gasteiger partial charge in [0, 0.05) is 22.3 Å². The van der Waals surface area contributed by atoms with Gasteiger partial charge in [0.05, 0.1) is 24.2 Å². The van der Waals surface area contributed by atoms with E-state index < -0.39 is 16.8 Å². The first-order chi connectivity index (χ1) is 18.2. The van der Waals surface area contributed by atoms with Crippen LogP contribution in [-0.2, 0) is 16.1 Å². The third kappa shape index (κ3) is 7.18. The van der Waals surface area contributed by atoms with Gasteiger partial charge in [-0.25, -0.2) is 4.79 Å². The molecule has 0 aromatic heterocycles. The summed E-state index contributed by atoms with van der Waals surface area (Å²) in [5.41, 5.74) is 1.77. The topological polar surface area (TPSA) is 141 Å². The number of hydrogen-bond acceptors (Lipinski definition) is 8. The zero-order valence-electron chi connectivity index (χ0n) is 20.4. The van der Waals surface area contributed by atoms with Crippen molar-refractivity contribution in [3.8, 4) is 17.6 Å². The van der Waals surface area contributed by atoms with Gasteiger partial charge in [0.1, 0.15) is 18.2 Å². The predicted molar refractivity (Wildman–Crippen MR) is 143 cm³/mol. The molecule has 0 aliphatic carbocycles. The van der Waals surface area contributed by atoms with E-state index in [1.54, 1.807) is 31.2 Å². The molecular formula is C27H22BrN3O7. The zero-order valence-corrected chi connectivity index (χ0v) is 22.0. The molecule has 3 aromatic rings. The Bertz CT molecular complexity index is 1410. The van der Waals surface area contributed by atoms with Gasteiger partial charge in [-0.2, -0.15) is 5.26 Å². The molecule has 0 bridgehead atoms. The summed E-state index contributed by atoms with van der Waals surface area (Å²) in [6.07, 6.45) is 1.41. The van der Waals surface area contributed by atoms with Crippen LogP contribution in [0.4, 0.5) is 11.4 Å². The third-order valence-electron chi connectivity index (χ3n) is 5.13. The summed E-state index contributed by atoms with van der Waals surface area (Å²) in [7, 11) is 1.27. The van der Waals surface area contributed by atoms with Crippen LogP contribution in [0.15, 0.2) is 70.7 Å². The summed E-state index contributed by atoms with van der Waals surface area (Å²) in [6, 6.07) is 17.2. The second-order valence-corrected chi connectivity index (χ2v) is 8.51. The average molecular weight is 580 g/mol. The number of nitrogens with zero attached hydrogens (tertiary/aromatic N) is 2. The molecule has 0 radical (unpaired) electrons. The quantitative estimate of drug-likeness (QED) is 0.106. The molecule has 0 atom stereocenters. The van der Waals surface area contributed by atoms with Crippen LogP contribution in [0.1, 0.15) is 28.4 Å². The third-order valence-corrected chi connectivity index (χ3v) is 5.82. The number of nitro benzene ring substituents is 1. The largest absolute Gasteiger partial charge is 0.490 e. The van der Waals surface area contributed by atoms with Crippen molar-refractivity contribution in [3.05, 3.63) is 97.5 Å². The van der Waals surface area contributed by atoms with Crippen LogP contribution in [0.5, 0.6) is 11.5 Å². The Morgan fingerprint density at radius 2 is 1.74 bits per heavy atom. The van der Waals surface area contributed by atoms with Crippen LogP contribution in [0.25, 0.3) is 6.08 Å². The molecule has 0 aliphatic rings. The Hall–Kier alpha value is -4.69. The molecule has 11 heteroatoms. The number of esters is 1. The fourth-order valence-corrected chi connectivity index (χ4v) is 3.66. The standard InChI is InChI=1S/C27H22BrN3O7/c1-3-37-24-13-19(23(28)14-25(24)38-16-17-4-10-22(11-5-17)31(34)35)12-20(15-29)26(32)30-21-8-6-18(7-9-21)27(33)36-2/h4-14H,3,16H2,1-2H3,(H,30,32)/b20-12+. The zero-order chi connectivity index (χ0) is 27.7. The van der Waals surface area contributed by atoms with Crippen LogP contribution in [0, 0.1) is 21.4 Å². The van der Waals surface area contributed by atoms with Gasteiger partial charge >= 0.3 is 5.97 Å². The number of amides is 1. The molecule has 194 valence electrons. The lowest BCUT2D eigenvalue weighted by atomic mass is 10.1. The number of nitro groups is 1. The van der Waals surface area contributed by atoms with Crippen molar-refractivity contribution in [3.63, 3.8) is 0 Å². The number of rotatable bonds is 10. The van der Waals surface area contributed by atoms with Crippen molar-refractivity contribution < 1.29 is 28.7 Å². The number of ether oxygens (including phenoxy) is 3. The smallest absolute Gasteiger partial charge is 0.337 e. The minimum absolute atomic E-state index is 0.0156. The maximum atomic E-state index is 12.7. The van der Waals surface area contributed by atoms with Crippen molar-refractivity contribution in [1.82, 2.24) is 0 Å². The monoisotopic (exact) mass is 579 g/mol. The van der Waals surface area contributed by atoms with Gasteiger partial charge < -0.3 is 19.5 Å². The second kappa shape index (κ2) is 13.0. The molecule has 3 rings (SSSR count). The van der Waals surface area contributed by atoms with E-state index in [1.165, 1.54) is 49.6 Å². The van der Waals surface area contributed by atoms with Crippen molar-refractivity contribution in [1.29, 1.82) is 5.26 Å². The number of nitrogens with one attached hydrogen (secondary N) is 1. The molecule has 1 amide bonds. The van der Waals surface area contributed by atoms with E-state index in [2.05, 4.69) is 26.0 Å². The summed E-state index contributed by atoms with van der Waals surface area (Å²) in [6.45, 7) is 2.28. The number of anilines is 1. The molecule has 38 heavy (non-hydrogen) atoms. The first kappa shape index (κ1) is 27.9. The molecule has 1 N–H and O–H groups in total. The summed E-state index contributed by atoms with van der Waals surface area (Å²) in [5.74, 6) is -0.347. The Labute approximate surface area is 226 Å². The number of benzene rings is 3. The number of methoxy groups -OCH3 is 1. The maximum absolute atomic E-state index is 12.7. The summed E-state index contributed by atoms with van der Waals surface area (Å²) in [4.78, 5) is 34.7. The number of halogens is 1. The van der Waals surface area contributed by atoms with E-state index in [4.69, 9.17) is 9.47 Å². The molecule has 0 saturated heterocycles. The SMILES string of the molecule is CCOc1cc(/C=C(\C#N)C(=O)Nc2ccc(C(=O)OC)cc2)c(Br)cc1OCc1ccc([N+](=O)[O-])cc1. The molecule has 0 aliphatic heterocycles. The number of carbonyl (C=O) groups is 2. The highest BCUT2D eigenvalue weighted by Crippen LogP contribution is 2.35. The first-order valence-electron chi connectivity index (χ1n) is 11.2. The second-order valence-electron chi connectivity index (χ2n) is 7.66. The van der Waals surface area contributed by atoms with E-state index >= 15 is 0 Å². The van der Waals surface area contributed by atoms with Crippen molar-refractivity contribution in [2.75, 3.05) is 19.0 Å². The molecule has 0 unspecified atom stereocenters. The van der Waals surface area contributed by atoms with E-state index in [9.17, 15) is 25.0 Å². The Balaban J connectivity index is 1.79. The molecule has 0 heterocycles. The van der Waals surface area contributed by atoms with Crippen LogP contribution >= 0.6 is 15.9 Å². The van der Waals surface area contributed by atoms with E-state index in [0.717, 1.165) is 5.56 Å². The number of nitriles is 1. The number of carbonyl (C=O) groups excluding carboxylic acids is 2. The molecule has 0 spiro atoms. The van der Waals surface area contributed by atoms with Gasteiger partial charge in [-0.05, 0) is 72.7 Å². The minimum atomic E-state index is -0.637. The van der Waals surface area contributed by atoms with Crippen molar-refractivity contribution in [2.24, 2.45) is 0 Å². The van der Waals surface area contributed by atoms with Crippen molar-refractivity contribution in [2.45, 2.75) is 13.5 Å². The lowest BCUT2D eigenvalue weighted by molar-refractivity contribution is -0.384. The lowest BCUT2D eigenvalue weighted by Gasteiger charge is -2.14. The summed E-state index contributed by atoms with van der Waals surface area (Å²) >= 11 is 3.45. The Kier molecular flexibility index (Phi) is 9.56. The van der Waals surface area contributed by atoms with Gasteiger partial charge in [0.15, 0.2) is 11.5 Å². The average Bonchev–Trinajstić information content (AvgIpc) is 2.92. The molecule has 3 aromatic carbocycles. The van der Waals surface area contributed by atoms with Crippen LogP contribution < -0.4 is 14.8 Å². The van der Waals surface area contributed by atoms with Crippen LogP contribution in [0.3, 0.4) is 0 Å². The van der Waals surface area contributed by atoms with Crippen LogP contribution in [-0.4, -0.2) is 30.5 Å². The van der Waals surface area contributed by atoms with E-state index in [0.29, 0.717) is 39.4 Å². The van der Waals surface area contributed by atoms with Crippen molar-refractivity contribution >= 4 is 45.3 Å². The fourth-order valence-electron chi connectivity index (χ4n) is 3.23. The predicted octanol–water partition coefficient (Wildman–Crippen LogP) is 5.67. The number of hydrogen-bond donors (Lipinski definition) is 1. The Morgan fingerprint density at radius 3 is 2.32 bits per heavy atom. The Morgan fingerprint density at radius 1 is 1.08 bits per heavy atom. The maximum Gasteiger partial charge on any atom is 0.337 e. The van der Waals surface area contributed by atoms with Crippen LogP contribution in [0.2, 0.25) is 0 Å². The number of non-ortho nitro benzene ring substituents is 1. The van der Waals surface area contributed by atoms with Gasteiger partial charge in [-0.1, -0.05) is 15.9 Å². The van der Waals surface area contributed by atoms with Gasteiger partial charge in [-0.15, -0.1) is 0 Å². The summed E-state index contributed by atoms with van der Waals surface area (Å²) < 4.78 is 16.8. The highest BCUT2D eigenvalue weighted by Gasteiger charge is 2.15. The van der Waals surface area contributed by atoms with Gasteiger partial charge in [0.25, 0.3) is 11.6 Å². The highest BCUT2D eigenvalue weighted by molar-refractivity contribution is 9.10. The van der Waals surface area contributed by atoms with Gasteiger partial charge in [0.2, 0.25) is 0 Å². The molecule has 10 nitrogen and oxygen atoms in total.